The van der Waals surface area contributed by atoms with Crippen molar-refractivity contribution in [3.05, 3.63) is 206 Å². The zero-order valence-electron chi connectivity index (χ0n) is 30.9. The van der Waals surface area contributed by atoms with Crippen LogP contribution in [-0.4, -0.2) is 21.7 Å². The highest BCUT2D eigenvalue weighted by Crippen LogP contribution is 2.46. The van der Waals surface area contributed by atoms with E-state index in [0.29, 0.717) is 17.5 Å². The number of aromatic nitrogens is 3. The Bertz CT molecular complexity index is 2850. The average molecular weight is 728 g/mol. The molecule has 0 radical (unpaired) electrons. The van der Waals surface area contributed by atoms with Gasteiger partial charge in [0.2, 0.25) is 0 Å². The summed E-state index contributed by atoms with van der Waals surface area (Å²) in [6, 6.07) is 72.9. The molecule has 6 heteroatoms. The van der Waals surface area contributed by atoms with E-state index >= 15 is 0 Å². The monoisotopic (exact) mass is 727 g/mol. The highest BCUT2D eigenvalue weighted by atomic mass is 15.2. The number of anilines is 6. The number of hydrogen-bond donors (Lipinski definition) is 0. The van der Waals surface area contributed by atoms with Gasteiger partial charge in [-0.3, -0.25) is 0 Å². The first-order valence-electron chi connectivity index (χ1n) is 19.3. The normalized spacial score (nSPS) is 12.5. The summed E-state index contributed by atoms with van der Waals surface area (Å²) in [6.07, 6.45) is 0. The number of nitrogens with zero attached hydrogens (tertiary/aromatic N) is 5. The van der Waals surface area contributed by atoms with E-state index in [1.165, 1.54) is 39.1 Å². The molecule has 9 aromatic rings. The molecule has 5 nitrogen and oxygen atoms in total. The van der Waals surface area contributed by atoms with Gasteiger partial charge in [-0.05, 0) is 64.4 Å². The zero-order chi connectivity index (χ0) is 37.7. The third-order valence-corrected chi connectivity index (χ3v) is 11.1. The Morgan fingerprint density at radius 3 is 1.33 bits per heavy atom. The molecule has 0 fully saturated rings. The van der Waals surface area contributed by atoms with Crippen LogP contribution in [0.3, 0.4) is 0 Å². The van der Waals surface area contributed by atoms with Gasteiger partial charge in [0.25, 0.3) is 6.71 Å². The Morgan fingerprint density at radius 1 is 0.316 bits per heavy atom. The van der Waals surface area contributed by atoms with Crippen LogP contribution in [0.5, 0.6) is 0 Å². The van der Waals surface area contributed by atoms with Crippen molar-refractivity contribution >= 4 is 57.2 Å². The third kappa shape index (κ3) is 5.53. The molecule has 266 valence electrons. The second kappa shape index (κ2) is 13.6. The van der Waals surface area contributed by atoms with E-state index in [2.05, 4.69) is 155 Å². The van der Waals surface area contributed by atoms with Gasteiger partial charge in [-0.25, -0.2) is 15.0 Å². The molecule has 0 aliphatic carbocycles. The molecule has 2 aliphatic rings. The highest BCUT2D eigenvalue weighted by molar-refractivity contribution is 7.00. The van der Waals surface area contributed by atoms with Crippen LogP contribution in [-0.2, 0) is 0 Å². The Labute approximate surface area is 332 Å². The summed E-state index contributed by atoms with van der Waals surface area (Å²) >= 11 is 0. The zero-order valence-corrected chi connectivity index (χ0v) is 30.9. The lowest BCUT2D eigenvalue weighted by Crippen LogP contribution is -2.61. The van der Waals surface area contributed by atoms with E-state index in [9.17, 15) is 0 Å². The van der Waals surface area contributed by atoms with Gasteiger partial charge >= 0.3 is 0 Å². The first kappa shape index (κ1) is 32.8. The van der Waals surface area contributed by atoms with E-state index in [4.69, 9.17) is 15.0 Å². The summed E-state index contributed by atoms with van der Waals surface area (Å²) < 4.78 is 0. The third-order valence-electron chi connectivity index (χ3n) is 11.1. The van der Waals surface area contributed by atoms with E-state index in [1.54, 1.807) is 0 Å². The first-order chi connectivity index (χ1) is 28.3. The van der Waals surface area contributed by atoms with Crippen molar-refractivity contribution in [1.29, 1.82) is 0 Å². The number of benzene rings is 8. The smallest absolute Gasteiger partial charge is 0.252 e. The lowest BCUT2D eigenvalue weighted by atomic mass is 9.33. The quantitative estimate of drug-likeness (QED) is 0.160. The lowest BCUT2D eigenvalue weighted by Gasteiger charge is -2.44. The molecule has 11 rings (SSSR count). The number of rotatable bonds is 6. The average Bonchev–Trinajstić information content (AvgIpc) is 3.30. The van der Waals surface area contributed by atoms with Crippen LogP contribution in [0, 0.1) is 0 Å². The van der Waals surface area contributed by atoms with Crippen molar-refractivity contribution < 1.29 is 0 Å². The highest BCUT2D eigenvalue weighted by Gasteiger charge is 2.43. The molecule has 0 N–H and O–H groups in total. The molecule has 0 spiro atoms. The van der Waals surface area contributed by atoms with Gasteiger partial charge < -0.3 is 9.80 Å². The second-order valence-electron chi connectivity index (χ2n) is 14.4. The van der Waals surface area contributed by atoms with Gasteiger partial charge in [0, 0.05) is 56.4 Å². The number of fused-ring (bicyclic) bond motifs is 4. The van der Waals surface area contributed by atoms with Crippen LogP contribution in [0.1, 0.15) is 0 Å². The van der Waals surface area contributed by atoms with E-state index in [-0.39, 0.29) is 6.71 Å². The van der Waals surface area contributed by atoms with Crippen molar-refractivity contribution in [3.8, 4) is 45.3 Å². The fourth-order valence-corrected chi connectivity index (χ4v) is 8.60. The molecule has 2 aliphatic heterocycles. The maximum Gasteiger partial charge on any atom is 0.252 e. The predicted octanol–water partition coefficient (Wildman–Crippen LogP) is 10.6. The minimum absolute atomic E-state index is 0.0413. The molecule has 0 unspecified atom stereocenters. The predicted molar refractivity (Wildman–Crippen MR) is 236 cm³/mol. The molecule has 3 heterocycles. The van der Waals surface area contributed by atoms with Crippen molar-refractivity contribution in [3.63, 3.8) is 0 Å². The van der Waals surface area contributed by atoms with Crippen LogP contribution < -0.4 is 26.2 Å². The second-order valence-corrected chi connectivity index (χ2v) is 14.4. The maximum atomic E-state index is 5.00. The van der Waals surface area contributed by atoms with Crippen molar-refractivity contribution in [1.82, 2.24) is 15.0 Å². The van der Waals surface area contributed by atoms with Crippen LogP contribution >= 0.6 is 0 Å². The van der Waals surface area contributed by atoms with Crippen molar-refractivity contribution in [2.75, 3.05) is 9.80 Å². The van der Waals surface area contributed by atoms with E-state index < -0.39 is 0 Å². The van der Waals surface area contributed by atoms with Crippen LogP contribution in [0.25, 0.3) is 45.3 Å². The van der Waals surface area contributed by atoms with Gasteiger partial charge in [-0.2, -0.15) is 0 Å². The molecule has 0 atom stereocenters. The maximum absolute atomic E-state index is 5.00. The molecule has 1 aromatic heterocycles. The van der Waals surface area contributed by atoms with Crippen molar-refractivity contribution in [2.24, 2.45) is 0 Å². The molecule has 0 saturated carbocycles. The van der Waals surface area contributed by atoms with Gasteiger partial charge in [-0.15, -0.1) is 0 Å². The molecule has 57 heavy (non-hydrogen) atoms. The van der Waals surface area contributed by atoms with Crippen molar-refractivity contribution in [2.45, 2.75) is 0 Å². The molecule has 0 saturated heterocycles. The molecular formula is C51H34BN5. The summed E-state index contributed by atoms with van der Waals surface area (Å²) in [7, 11) is 0. The Morgan fingerprint density at radius 2 is 0.737 bits per heavy atom. The van der Waals surface area contributed by atoms with Gasteiger partial charge in [0.05, 0.1) is 0 Å². The molecule has 0 amide bonds. The summed E-state index contributed by atoms with van der Waals surface area (Å²) in [5.41, 5.74) is 16.0. The van der Waals surface area contributed by atoms with Crippen LogP contribution in [0.15, 0.2) is 206 Å². The Balaban J connectivity index is 1.08. The fraction of sp³-hybridized carbons (Fsp3) is 0. The standard InChI is InChI=1S/C51H34BN5/c1-5-17-36(18-6-1)49-53-50(37-19-7-2-8-20-37)55-51(54-49)38-33-31-35(32-34-38)41-25-15-27-43-48(41)57(40-23-11-4-12-24-40)46-30-16-29-45-47(46)52(43)42-26-13-14-28-44(42)56(45)39-21-9-3-10-22-39/h1-34H. The summed E-state index contributed by atoms with van der Waals surface area (Å²) in [6.45, 7) is 0.0413. The van der Waals surface area contributed by atoms with Gasteiger partial charge in [0.15, 0.2) is 17.5 Å². The lowest BCUT2D eigenvalue weighted by molar-refractivity contribution is 1.07. The summed E-state index contributed by atoms with van der Waals surface area (Å²) in [4.78, 5) is 19.8. The minimum atomic E-state index is 0.0413. The summed E-state index contributed by atoms with van der Waals surface area (Å²) in [5.74, 6) is 1.94. The molecule has 8 aromatic carbocycles. The van der Waals surface area contributed by atoms with Crippen LogP contribution in [0.2, 0.25) is 0 Å². The van der Waals surface area contributed by atoms with E-state index in [1.807, 2.05) is 60.7 Å². The molecular weight excluding hydrogens is 693 g/mol. The van der Waals surface area contributed by atoms with Gasteiger partial charge in [-0.1, -0.05) is 164 Å². The number of para-hydroxylation sites is 4. The molecule has 0 bridgehead atoms. The fourth-order valence-electron chi connectivity index (χ4n) is 8.60. The Hall–Kier alpha value is -7.57. The SMILES string of the molecule is c1ccc(-c2nc(-c3ccccc3)nc(-c3ccc(-c4cccc5c4N(c4ccccc4)c4cccc6c4B5c4ccccc4N6c4ccccc4)cc3)n2)cc1. The minimum Gasteiger partial charge on any atom is -0.311 e. The number of hydrogen-bond acceptors (Lipinski definition) is 5. The topological polar surface area (TPSA) is 45.2 Å². The Kier molecular flexibility index (Phi) is 7.85. The van der Waals surface area contributed by atoms with E-state index in [0.717, 1.165) is 39.2 Å². The largest absolute Gasteiger partial charge is 0.311 e. The van der Waals surface area contributed by atoms with Crippen LogP contribution in [0.4, 0.5) is 34.1 Å². The first-order valence-corrected chi connectivity index (χ1v) is 19.3. The van der Waals surface area contributed by atoms with Gasteiger partial charge in [0.1, 0.15) is 0 Å². The summed E-state index contributed by atoms with van der Waals surface area (Å²) in [5, 5.41) is 0.